The minimum Gasteiger partial charge on any atom is -0.484 e. The number of hydrogen-bond donors (Lipinski definition) is 1. The summed E-state index contributed by atoms with van der Waals surface area (Å²) in [5, 5.41) is 8.68. The number of fused-ring (bicyclic) bond motifs is 1. The normalized spacial score (nSPS) is 11.0. The number of ether oxygens (including phenoxy) is 1. The molecule has 4 aromatic rings. The Labute approximate surface area is 177 Å². The number of nitrogens with zero attached hydrogens (tertiary/aromatic N) is 3. The Morgan fingerprint density at radius 1 is 1.17 bits per heavy atom. The maximum atomic E-state index is 12.4. The van der Waals surface area contributed by atoms with Gasteiger partial charge in [0.15, 0.2) is 6.61 Å². The third kappa shape index (κ3) is 4.26. The van der Waals surface area contributed by atoms with Crippen LogP contribution in [0.1, 0.15) is 16.8 Å². The molecule has 0 atom stereocenters. The van der Waals surface area contributed by atoms with E-state index < -0.39 is 0 Å². The van der Waals surface area contributed by atoms with Gasteiger partial charge in [0.1, 0.15) is 11.6 Å². The molecule has 2 aromatic carbocycles. The average molecular weight is 427 g/mol. The van der Waals surface area contributed by atoms with Crippen LogP contribution in [0.3, 0.4) is 0 Å². The van der Waals surface area contributed by atoms with Gasteiger partial charge in [0.05, 0.1) is 15.9 Å². The van der Waals surface area contributed by atoms with Crippen LogP contribution in [0.15, 0.2) is 42.5 Å². The molecule has 1 N–H and O–H groups in total. The molecule has 0 aliphatic carbocycles. The maximum Gasteiger partial charge on any atom is 0.263 e. The Morgan fingerprint density at radius 3 is 2.69 bits per heavy atom. The summed E-state index contributed by atoms with van der Waals surface area (Å²) in [7, 11) is 0. The topological polar surface area (TPSA) is 69.0 Å². The van der Waals surface area contributed by atoms with Gasteiger partial charge in [-0.15, -0.1) is 0 Å². The predicted molar refractivity (Wildman–Crippen MR) is 117 cm³/mol. The van der Waals surface area contributed by atoms with E-state index in [2.05, 4.69) is 29.5 Å². The number of aromatic nitrogens is 3. The van der Waals surface area contributed by atoms with E-state index in [0.717, 1.165) is 21.5 Å². The van der Waals surface area contributed by atoms with Crippen molar-refractivity contribution in [2.75, 3.05) is 11.9 Å². The van der Waals surface area contributed by atoms with Crippen LogP contribution in [0.5, 0.6) is 5.75 Å². The van der Waals surface area contributed by atoms with Crippen LogP contribution in [0.4, 0.5) is 5.82 Å². The minimum atomic E-state index is -0.283. The van der Waals surface area contributed by atoms with Crippen molar-refractivity contribution in [1.82, 2.24) is 14.8 Å². The zero-order valence-electron chi connectivity index (χ0n) is 16.2. The molecule has 2 aromatic heterocycles. The summed E-state index contributed by atoms with van der Waals surface area (Å²) in [5.74, 6) is 0.848. The number of amides is 1. The first-order valence-electron chi connectivity index (χ1n) is 9.02. The van der Waals surface area contributed by atoms with Gasteiger partial charge in [-0.1, -0.05) is 29.0 Å². The number of anilines is 1. The Kier molecular flexibility index (Phi) is 5.25. The highest BCUT2D eigenvalue weighted by atomic mass is 35.5. The lowest BCUT2D eigenvalue weighted by Gasteiger charge is -2.08. The fourth-order valence-electron chi connectivity index (χ4n) is 3.04. The van der Waals surface area contributed by atoms with Gasteiger partial charge in [-0.3, -0.25) is 4.79 Å². The molecular formula is C21H19ClN4O2S. The van der Waals surface area contributed by atoms with Crippen molar-refractivity contribution in [3.8, 4) is 10.9 Å². The molecule has 2 heterocycles. The number of hydrogen-bond acceptors (Lipinski definition) is 5. The monoisotopic (exact) mass is 426 g/mol. The standard InChI is InChI=1S/C21H19ClN4O2S/c1-12-8-13(2)20-17(9-12)29-21(24-20)26-18(10-14(3)25-26)23-19(27)11-28-16-6-4-15(22)5-7-16/h4-10H,11H2,1-3H3,(H,23,27). The van der Waals surface area contributed by atoms with E-state index >= 15 is 0 Å². The zero-order valence-corrected chi connectivity index (χ0v) is 17.8. The highest BCUT2D eigenvalue weighted by molar-refractivity contribution is 7.20. The number of carbonyl (C=O) groups excluding carboxylic acids is 1. The van der Waals surface area contributed by atoms with Gasteiger partial charge in [0.25, 0.3) is 5.91 Å². The van der Waals surface area contributed by atoms with Crippen LogP contribution in [0, 0.1) is 20.8 Å². The number of thiazole rings is 1. The van der Waals surface area contributed by atoms with E-state index in [1.807, 2.05) is 19.9 Å². The van der Waals surface area contributed by atoms with Crippen molar-refractivity contribution in [2.24, 2.45) is 0 Å². The molecule has 4 rings (SSSR count). The maximum absolute atomic E-state index is 12.4. The Morgan fingerprint density at radius 2 is 1.93 bits per heavy atom. The molecule has 0 saturated carbocycles. The van der Waals surface area contributed by atoms with Crippen molar-refractivity contribution in [2.45, 2.75) is 20.8 Å². The van der Waals surface area contributed by atoms with Crippen LogP contribution >= 0.6 is 22.9 Å². The van der Waals surface area contributed by atoms with Crippen molar-refractivity contribution in [3.63, 3.8) is 0 Å². The first-order valence-corrected chi connectivity index (χ1v) is 10.2. The van der Waals surface area contributed by atoms with Gasteiger partial charge in [-0.2, -0.15) is 9.78 Å². The third-order valence-electron chi connectivity index (χ3n) is 4.28. The Balaban J connectivity index is 1.54. The van der Waals surface area contributed by atoms with Gasteiger partial charge in [0.2, 0.25) is 5.13 Å². The second-order valence-electron chi connectivity index (χ2n) is 6.80. The second-order valence-corrected chi connectivity index (χ2v) is 8.24. The number of rotatable bonds is 5. The highest BCUT2D eigenvalue weighted by Gasteiger charge is 2.16. The lowest BCUT2D eigenvalue weighted by molar-refractivity contribution is -0.118. The molecular weight excluding hydrogens is 408 g/mol. The first kappa shape index (κ1) is 19.4. The number of nitrogens with one attached hydrogen (secondary N) is 1. The molecule has 6 nitrogen and oxygen atoms in total. The van der Waals surface area contributed by atoms with Crippen molar-refractivity contribution in [1.29, 1.82) is 0 Å². The smallest absolute Gasteiger partial charge is 0.263 e. The van der Waals surface area contributed by atoms with E-state index in [1.54, 1.807) is 28.9 Å². The molecule has 29 heavy (non-hydrogen) atoms. The summed E-state index contributed by atoms with van der Waals surface area (Å²) >= 11 is 7.40. The molecule has 0 aliphatic heterocycles. The number of aryl methyl sites for hydroxylation is 3. The molecule has 0 saturated heterocycles. The second kappa shape index (κ2) is 7.85. The van der Waals surface area contributed by atoms with Crippen molar-refractivity contribution >= 4 is 44.9 Å². The Bertz CT molecular complexity index is 1200. The van der Waals surface area contributed by atoms with E-state index in [9.17, 15) is 4.79 Å². The molecule has 0 fully saturated rings. The van der Waals surface area contributed by atoms with Gasteiger partial charge in [-0.25, -0.2) is 4.98 Å². The number of carbonyl (C=O) groups is 1. The van der Waals surface area contributed by atoms with E-state index in [1.165, 1.54) is 16.9 Å². The molecule has 0 unspecified atom stereocenters. The van der Waals surface area contributed by atoms with Crippen LogP contribution in [0.25, 0.3) is 15.3 Å². The largest absolute Gasteiger partial charge is 0.484 e. The molecule has 8 heteroatoms. The summed E-state index contributed by atoms with van der Waals surface area (Å²) in [6, 6.07) is 12.9. The zero-order chi connectivity index (χ0) is 20.5. The molecule has 0 bridgehead atoms. The molecule has 148 valence electrons. The molecule has 1 amide bonds. The fraction of sp³-hybridized carbons (Fsp3) is 0.190. The quantitative estimate of drug-likeness (QED) is 0.483. The highest BCUT2D eigenvalue weighted by Crippen LogP contribution is 2.30. The van der Waals surface area contributed by atoms with Crippen LogP contribution in [-0.4, -0.2) is 27.3 Å². The molecule has 0 radical (unpaired) electrons. The summed E-state index contributed by atoms with van der Waals surface area (Å²) in [4.78, 5) is 17.1. The fourth-order valence-corrected chi connectivity index (χ4v) is 4.28. The van der Waals surface area contributed by atoms with Gasteiger partial charge in [0, 0.05) is 11.1 Å². The first-order chi connectivity index (χ1) is 13.9. The summed E-state index contributed by atoms with van der Waals surface area (Å²) in [6.07, 6.45) is 0. The van der Waals surface area contributed by atoms with Crippen LogP contribution in [-0.2, 0) is 4.79 Å². The minimum absolute atomic E-state index is 0.121. The van der Waals surface area contributed by atoms with Gasteiger partial charge < -0.3 is 10.1 Å². The summed E-state index contributed by atoms with van der Waals surface area (Å²) in [6.45, 7) is 5.86. The molecule has 0 spiro atoms. The van der Waals surface area contributed by atoms with Gasteiger partial charge in [-0.05, 0) is 62.2 Å². The number of benzene rings is 2. The third-order valence-corrected chi connectivity index (χ3v) is 5.51. The van der Waals surface area contributed by atoms with Gasteiger partial charge >= 0.3 is 0 Å². The molecule has 0 aliphatic rings. The SMILES string of the molecule is Cc1cc(C)c2nc(-n3nc(C)cc3NC(=O)COc3ccc(Cl)cc3)sc2c1. The van der Waals surface area contributed by atoms with E-state index in [-0.39, 0.29) is 12.5 Å². The summed E-state index contributed by atoms with van der Waals surface area (Å²) < 4.78 is 8.26. The van der Waals surface area contributed by atoms with Crippen molar-refractivity contribution < 1.29 is 9.53 Å². The lowest BCUT2D eigenvalue weighted by Crippen LogP contribution is -2.21. The van der Waals surface area contributed by atoms with Crippen molar-refractivity contribution in [3.05, 3.63) is 64.3 Å². The number of halogens is 1. The lowest BCUT2D eigenvalue weighted by atomic mass is 10.1. The average Bonchev–Trinajstić information content (AvgIpc) is 3.24. The van der Waals surface area contributed by atoms with Crippen LogP contribution < -0.4 is 10.1 Å². The Hall–Kier alpha value is -2.90. The van der Waals surface area contributed by atoms with E-state index in [4.69, 9.17) is 21.3 Å². The predicted octanol–water partition coefficient (Wildman–Crippen LogP) is 5.08. The summed E-state index contributed by atoms with van der Waals surface area (Å²) in [5.41, 5.74) is 4.04. The van der Waals surface area contributed by atoms with Crippen LogP contribution in [0.2, 0.25) is 5.02 Å². The van der Waals surface area contributed by atoms with E-state index in [0.29, 0.717) is 21.7 Å².